The summed E-state index contributed by atoms with van der Waals surface area (Å²) in [4.78, 5) is 0. The molecule has 31 heavy (non-hydrogen) atoms. The number of halogens is 5. The van der Waals surface area contributed by atoms with Crippen LogP contribution >= 0.6 is 0 Å². The molecular formula is C25H21F5O. The zero-order valence-electron chi connectivity index (χ0n) is 16.7. The van der Waals surface area contributed by atoms with Gasteiger partial charge in [0.2, 0.25) is 0 Å². The van der Waals surface area contributed by atoms with Gasteiger partial charge in [-0.3, -0.25) is 0 Å². The van der Waals surface area contributed by atoms with Gasteiger partial charge in [0, 0.05) is 0 Å². The minimum Gasteiger partial charge on any atom is -0.487 e. The van der Waals surface area contributed by atoms with Crippen LogP contribution in [0.2, 0.25) is 0 Å². The van der Waals surface area contributed by atoms with Gasteiger partial charge in [-0.15, -0.1) is 0 Å². The molecule has 1 fully saturated rings. The molecule has 0 aliphatic heterocycles. The maximum atomic E-state index is 13.7. The van der Waals surface area contributed by atoms with E-state index in [0.29, 0.717) is 11.5 Å². The number of ether oxygens (including phenoxy) is 1. The van der Waals surface area contributed by atoms with Crippen LogP contribution in [0, 0.1) is 35.0 Å². The Balaban J connectivity index is 1.35. The Morgan fingerprint density at radius 3 is 1.84 bits per heavy atom. The maximum absolute atomic E-state index is 13.7. The van der Waals surface area contributed by atoms with Crippen molar-refractivity contribution in [3.8, 4) is 16.9 Å². The number of benzene rings is 3. The molecule has 0 spiro atoms. The normalized spacial score (nSPS) is 18.7. The molecule has 0 N–H and O–H groups in total. The van der Waals surface area contributed by atoms with E-state index >= 15 is 0 Å². The topological polar surface area (TPSA) is 9.23 Å². The Morgan fingerprint density at radius 2 is 1.26 bits per heavy atom. The van der Waals surface area contributed by atoms with E-state index in [1.807, 2.05) is 12.1 Å². The first-order chi connectivity index (χ1) is 14.9. The number of rotatable bonds is 5. The lowest BCUT2D eigenvalue weighted by atomic mass is 9.79. The summed E-state index contributed by atoms with van der Waals surface area (Å²) in [6.45, 7) is 0.269. The van der Waals surface area contributed by atoms with Crippen molar-refractivity contribution in [2.75, 3.05) is 6.61 Å². The monoisotopic (exact) mass is 432 g/mol. The molecule has 0 unspecified atom stereocenters. The SMILES string of the molecule is Fc1cc(-c2ccc(C3CCC(COc4c(F)cccc4F)CC3)cc2)cc(F)c1F. The minimum atomic E-state index is -1.47. The number of para-hydroxylation sites is 1. The van der Waals surface area contributed by atoms with E-state index in [9.17, 15) is 22.0 Å². The molecule has 1 aliphatic rings. The smallest absolute Gasteiger partial charge is 0.194 e. The summed E-state index contributed by atoms with van der Waals surface area (Å²) in [6, 6.07) is 13.0. The zero-order valence-corrected chi connectivity index (χ0v) is 16.7. The highest BCUT2D eigenvalue weighted by Gasteiger charge is 2.24. The molecule has 0 amide bonds. The number of hydrogen-bond acceptors (Lipinski definition) is 1. The summed E-state index contributed by atoms with van der Waals surface area (Å²) < 4.78 is 72.9. The van der Waals surface area contributed by atoms with E-state index in [1.54, 1.807) is 12.1 Å². The van der Waals surface area contributed by atoms with Crippen LogP contribution in [0.5, 0.6) is 5.75 Å². The summed E-state index contributed by atoms with van der Waals surface area (Å²) in [5, 5.41) is 0. The minimum absolute atomic E-state index is 0.222. The van der Waals surface area contributed by atoms with E-state index in [-0.39, 0.29) is 23.8 Å². The van der Waals surface area contributed by atoms with E-state index < -0.39 is 29.1 Å². The van der Waals surface area contributed by atoms with Gasteiger partial charge in [0.15, 0.2) is 34.8 Å². The Bertz CT molecular complexity index is 1010. The summed E-state index contributed by atoms with van der Waals surface area (Å²) in [7, 11) is 0. The Labute approximate surface area is 177 Å². The standard InChI is InChI=1S/C25H21F5O/c26-20-2-1-3-21(27)25(20)31-14-15-4-6-16(7-5-15)17-8-10-18(11-9-17)19-12-22(28)24(30)23(29)13-19/h1-3,8-13,15-16H,4-7,14H2. The van der Waals surface area contributed by atoms with Crippen LogP contribution in [-0.4, -0.2) is 6.61 Å². The third-order valence-corrected chi connectivity index (χ3v) is 5.93. The third kappa shape index (κ3) is 4.73. The van der Waals surface area contributed by atoms with Crippen molar-refractivity contribution < 1.29 is 26.7 Å². The molecule has 6 heteroatoms. The zero-order chi connectivity index (χ0) is 22.0. The maximum Gasteiger partial charge on any atom is 0.194 e. The molecule has 0 bridgehead atoms. The molecule has 0 atom stereocenters. The molecule has 1 aliphatic carbocycles. The second-order valence-electron chi connectivity index (χ2n) is 7.96. The average Bonchev–Trinajstić information content (AvgIpc) is 2.77. The van der Waals surface area contributed by atoms with Crippen LogP contribution in [0.25, 0.3) is 11.1 Å². The van der Waals surface area contributed by atoms with Gasteiger partial charge in [-0.1, -0.05) is 30.3 Å². The van der Waals surface area contributed by atoms with E-state index in [1.165, 1.54) is 18.2 Å². The highest BCUT2D eigenvalue weighted by molar-refractivity contribution is 5.64. The van der Waals surface area contributed by atoms with Crippen LogP contribution in [0.3, 0.4) is 0 Å². The van der Waals surface area contributed by atoms with Gasteiger partial charge in [-0.2, -0.15) is 0 Å². The van der Waals surface area contributed by atoms with E-state index in [2.05, 4.69) is 0 Å². The second kappa shape index (κ2) is 9.08. The van der Waals surface area contributed by atoms with Crippen LogP contribution in [-0.2, 0) is 0 Å². The average molecular weight is 432 g/mol. The van der Waals surface area contributed by atoms with Crippen LogP contribution < -0.4 is 4.74 Å². The lowest BCUT2D eigenvalue weighted by molar-refractivity contribution is 0.188. The highest BCUT2D eigenvalue weighted by Crippen LogP contribution is 2.37. The first-order valence-electron chi connectivity index (χ1n) is 10.2. The summed E-state index contributed by atoms with van der Waals surface area (Å²) in [5.41, 5.74) is 2.01. The van der Waals surface area contributed by atoms with Crippen molar-refractivity contribution in [2.24, 2.45) is 5.92 Å². The third-order valence-electron chi connectivity index (χ3n) is 5.93. The van der Waals surface area contributed by atoms with Gasteiger partial charge >= 0.3 is 0 Å². The Hall–Kier alpha value is -2.89. The molecule has 4 rings (SSSR count). The molecule has 1 nitrogen and oxygen atoms in total. The molecular weight excluding hydrogens is 411 g/mol. The van der Waals surface area contributed by atoms with Gasteiger partial charge in [0.1, 0.15) is 0 Å². The summed E-state index contributed by atoms with van der Waals surface area (Å²) in [5.74, 6) is -5.07. The van der Waals surface area contributed by atoms with Gasteiger partial charge in [-0.25, -0.2) is 22.0 Å². The van der Waals surface area contributed by atoms with Crippen LogP contribution in [0.4, 0.5) is 22.0 Å². The molecule has 3 aromatic carbocycles. The second-order valence-corrected chi connectivity index (χ2v) is 7.96. The van der Waals surface area contributed by atoms with Crippen LogP contribution in [0.1, 0.15) is 37.2 Å². The van der Waals surface area contributed by atoms with Gasteiger partial charge in [0.25, 0.3) is 0 Å². The first kappa shape index (κ1) is 21.3. The highest BCUT2D eigenvalue weighted by atomic mass is 19.2. The molecule has 0 saturated heterocycles. The Morgan fingerprint density at radius 1 is 0.677 bits per heavy atom. The van der Waals surface area contributed by atoms with Crippen molar-refractivity contribution in [2.45, 2.75) is 31.6 Å². The van der Waals surface area contributed by atoms with Crippen molar-refractivity contribution >= 4 is 0 Å². The predicted octanol–water partition coefficient (Wildman–Crippen LogP) is 7.40. The molecule has 162 valence electrons. The molecule has 0 radical (unpaired) electrons. The van der Waals surface area contributed by atoms with Gasteiger partial charge < -0.3 is 4.74 Å². The summed E-state index contributed by atoms with van der Waals surface area (Å²) >= 11 is 0. The lowest BCUT2D eigenvalue weighted by Crippen LogP contribution is -2.19. The fourth-order valence-electron chi connectivity index (χ4n) is 4.15. The quantitative estimate of drug-likeness (QED) is 0.301. The van der Waals surface area contributed by atoms with E-state index in [4.69, 9.17) is 4.74 Å². The molecule has 1 saturated carbocycles. The Kier molecular flexibility index (Phi) is 6.25. The fraction of sp³-hybridized carbons (Fsp3) is 0.280. The molecule has 3 aromatic rings. The molecule has 0 heterocycles. The molecule has 0 aromatic heterocycles. The van der Waals surface area contributed by atoms with Crippen molar-refractivity contribution in [3.05, 3.63) is 89.2 Å². The first-order valence-corrected chi connectivity index (χ1v) is 10.2. The summed E-state index contributed by atoms with van der Waals surface area (Å²) in [6.07, 6.45) is 3.56. The lowest BCUT2D eigenvalue weighted by Gasteiger charge is -2.29. The van der Waals surface area contributed by atoms with Crippen LogP contribution in [0.15, 0.2) is 54.6 Å². The van der Waals surface area contributed by atoms with E-state index in [0.717, 1.165) is 43.4 Å². The van der Waals surface area contributed by atoms with Gasteiger partial charge in [0.05, 0.1) is 6.61 Å². The van der Waals surface area contributed by atoms with Gasteiger partial charge in [-0.05, 0) is 78.5 Å². The number of hydrogen-bond donors (Lipinski definition) is 0. The van der Waals surface area contributed by atoms with Crippen molar-refractivity contribution in [3.63, 3.8) is 0 Å². The fourth-order valence-corrected chi connectivity index (χ4v) is 4.15. The predicted molar refractivity (Wildman–Crippen MR) is 108 cm³/mol. The van der Waals surface area contributed by atoms with Crippen molar-refractivity contribution in [1.29, 1.82) is 0 Å². The largest absolute Gasteiger partial charge is 0.487 e. The van der Waals surface area contributed by atoms with Crippen molar-refractivity contribution in [1.82, 2.24) is 0 Å².